The fourth-order valence-corrected chi connectivity index (χ4v) is 0.867. The highest BCUT2D eigenvalue weighted by Gasteiger charge is 2.11. The molecule has 0 aliphatic carbocycles. The number of aryl methyl sites for hydroxylation is 1. The van der Waals surface area contributed by atoms with Gasteiger partial charge in [0.15, 0.2) is 0 Å². The summed E-state index contributed by atoms with van der Waals surface area (Å²) in [4.78, 5) is 0. The first-order chi connectivity index (χ1) is 5.27. The van der Waals surface area contributed by atoms with Gasteiger partial charge in [0.05, 0.1) is 12.3 Å². The van der Waals surface area contributed by atoms with E-state index in [1.807, 2.05) is 0 Å². The predicted molar refractivity (Wildman–Crippen MR) is 40.1 cm³/mol. The summed E-state index contributed by atoms with van der Waals surface area (Å²) in [7, 11) is 0. The van der Waals surface area contributed by atoms with Crippen LogP contribution < -0.4 is 5.73 Å². The minimum absolute atomic E-state index is 0.0163. The van der Waals surface area contributed by atoms with Crippen LogP contribution in [0.5, 0.6) is 0 Å². The summed E-state index contributed by atoms with van der Waals surface area (Å²) >= 11 is 0. The van der Waals surface area contributed by atoms with Gasteiger partial charge in [0, 0.05) is 18.5 Å². The van der Waals surface area contributed by atoms with Crippen molar-refractivity contribution < 1.29 is 9.63 Å². The molecular formula is C7H12N2O2. The average Bonchev–Trinajstić information content (AvgIpc) is 2.39. The standard InChI is InChI=1S/C7H12N2O2/c1-5-2-7(9-11-5)6(3-8)4-10/h2,6,10H,3-4,8H2,1H3. The molecular weight excluding hydrogens is 144 g/mol. The molecule has 0 aliphatic heterocycles. The molecule has 4 nitrogen and oxygen atoms in total. The molecule has 0 fully saturated rings. The maximum absolute atomic E-state index is 8.83. The number of hydrogen-bond acceptors (Lipinski definition) is 4. The summed E-state index contributed by atoms with van der Waals surface area (Å²) in [5, 5.41) is 12.6. The normalized spacial score (nSPS) is 13.4. The van der Waals surface area contributed by atoms with Gasteiger partial charge in [-0.25, -0.2) is 0 Å². The summed E-state index contributed by atoms with van der Waals surface area (Å²) in [6.07, 6.45) is 0. The Kier molecular flexibility index (Phi) is 2.62. The second-order valence-electron chi connectivity index (χ2n) is 2.48. The number of aromatic nitrogens is 1. The van der Waals surface area contributed by atoms with Crippen molar-refractivity contribution in [1.82, 2.24) is 5.16 Å². The zero-order chi connectivity index (χ0) is 8.27. The van der Waals surface area contributed by atoms with Gasteiger partial charge in [-0.15, -0.1) is 0 Å². The van der Waals surface area contributed by atoms with Crippen molar-refractivity contribution in [2.45, 2.75) is 12.8 Å². The van der Waals surface area contributed by atoms with Crippen LogP contribution in [-0.2, 0) is 0 Å². The van der Waals surface area contributed by atoms with E-state index in [2.05, 4.69) is 5.16 Å². The van der Waals surface area contributed by atoms with Gasteiger partial charge in [-0.05, 0) is 6.92 Å². The molecule has 1 atom stereocenters. The lowest BCUT2D eigenvalue weighted by Crippen LogP contribution is -2.16. The highest BCUT2D eigenvalue weighted by Crippen LogP contribution is 2.12. The van der Waals surface area contributed by atoms with Crippen molar-refractivity contribution in [3.05, 3.63) is 17.5 Å². The van der Waals surface area contributed by atoms with E-state index in [0.717, 1.165) is 11.5 Å². The van der Waals surface area contributed by atoms with Crippen LogP contribution in [0, 0.1) is 6.92 Å². The molecule has 0 spiro atoms. The van der Waals surface area contributed by atoms with Gasteiger partial charge in [-0.2, -0.15) is 0 Å². The monoisotopic (exact) mass is 156 g/mol. The van der Waals surface area contributed by atoms with Gasteiger partial charge < -0.3 is 15.4 Å². The third kappa shape index (κ3) is 1.78. The van der Waals surface area contributed by atoms with Crippen LogP contribution in [0.25, 0.3) is 0 Å². The van der Waals surface area contributed by atoms with Crippen LogP contribution in [-0.4, -0.2) is 23.4 Å². The maximum Gasteiger partial charge on any atom is 0.133 e. The Morgan fingerprint density at radius 3 is 2.91 bits per heavy atom. The summed E-state index contributed by atoms with van der Waals surface area (Å²) in [6, 6.07) is 1.79. The average molecular weight is 156 g/mol. The van der Waals surface area contributed by atoms with Gasteiger partial charge >= 0.3 is 0 Å². The van der Waals surface area contributed by atoms with Crippen LogP contribution in [0.15, 0.2) is 10.6 Å². The Hall–Kier alpha value is -0.870. The quantitative estimate of drug-likeness (QED) is 0.647. The zero-order valence-electron chi connectivity index (χ0n) is 6.45. The lowest BCUT2D eigenvalue weighted by Gasteiger charge is -2.04. The van der Waals surface area contributed by atoms with Crippen LogP contribution in [0.2, 0.25) is 0 Å². The lowest BCUT2D eigenvalue weighted by molar-refractivity contribution is 0.260. The number of rotatable bonds is 3. The third-order valence-corrected chi connectivity index (χ3v) is 1.57. The van der Waals surface area contributed by atoms with Crippen LogP contribution in [0.3, 0.4) is 0 Å². The van der Waals surface area contributed by atoms with Crippen LogP contribution in [0.1, 0.15) is 17.4 Å². The number of aliphatic hydroxyl groups is 1. The minimum atomic E-state index is -0.0903. The second-order valence-corrected chi connectivity index (χ2v) is 2.48. The Labute approximate surface area is 65.0 Å². The zero-order valence-corrected chi connectivity index (χ0v) is 6.45. The minimum Gasteiger partial charge on any atom is -0.396 e. The molecule has 11 heavy (non-hydrogen) atoms. The molecule has 0 saturated carbocycles. The molecule has 62 valence electrons. The van der Waals surface area contributed by atoms with E-state index in [4.69, 9.17) is 15.4 Å². The van der Waals surface area contributed by atoms with Crippen molar-refractivity contribution in [2.24, 2.45) is 5.73 Å². The Morgan fingerprint density at radius 2 is 2.55 bits per heavy atom. The Balaban J connectivity index is 2.73. The van der Waals surface area contributed by atoms with Crippen molar-refractivity contribution in [3.63, 3.8) is 0 Å². The fourth-order valence-electron chi connectivity index (χ4n) is 0.867. The van der Waals surface area contributed by atoms with E-state index < -0.39 is 0 Å². The number of hydrogen-bond donors (Lipinski definition) is 2. The largest absolute Gasteiger partial charge is 0.396 e. The second kappa shape index (κ2) is 3.50. The summed E-state index contributed by atoms with van der Waals surface area (Å²) in [5.41, 5.74) is 6.11. The molecule has 1 heterocycles. The lowest BCUT2D eigenvalue weighted by atomic mass is 10.1. The van der Waals surface area contributed by atoms with Gasteiger partial charge in [0.2, 0.25) is 0 Å². The smallest absolute Gasteiger partial charge is 0.133 e. The van der Waals surface area contributed by atoms with Crippen molar-refractivity contribution >= 4 is 0 Å². The SMILES string of the molecule is Cc1cc(C(CN)CO)no1. The maximum atomic E-state index is 8.83. The third-order valence-electron chi connectivity index (χ3n) is 1.57. The van der Waals surface area contributed by atoms with Gasteiger partial charge in [-0.3, -0.25) is 0 Å². The van der Waals surface area contributed by atoms with Gasteiger partial charge in [-0.1, -0.05) is 5.16 Å². The van der Waals surface area contributed by atoms with E-state index in [9.17, 15) is 0 Å². The molecule has 1 aromatic heterocycles. The molecule has 0 saturated heterocycles. The number of aliphatic hydroxyl groups excluding tert-OH is 1. The van der Waals surface area contributed by atoms with E-state index in [1.54, 1.807) is 13.0 Å². The Bertz CT molecular complexity index is 218. The number of nitrogens with two attached hydrogens (primary N) is 1. The first-order valence-corrected chi connectivity index (χ1v) is 3.52. The van der Waals surface area contributed by atoms with Gasteiger partial charge in [0.1, 0.15) is 5.76 Å². The molecule has 1 rings (SSSR count). The molecule has 3 N–H and O–H groups in total. The molecule has 1 aromatic rings. The van der Waals surface area contributed by atoms with Crippen LogP contribution in [0.4, 0.5) is 0 Å². The molecule has 0 amide bonds. The highest BCUT2D eigenvalue weighted by molar-refractivity contribution is 5.09. The summed E-state index contributed by atoms with van der Waals surface area (Å²) in [6.45, 7) is 2.21. The van der Waals surface area contributed by atoms with E-state index >= 15 is 0 Å². The molecule has 0 aliphatic rings. The molecule has 0 bridgehead atoms. The first kappa shape index (κ1) is 8.23. The summed E-state index contributed by atoms with van der Waals surface area (Å²) in [5.74, 6) is 0.652. The van der Waals surface area contributed by atoms with Crippen LogP contribution >= 0.6 is 0 Å². The highest BCUT2D eigenvalue weighted by atomic mass is 16.5. The van der Waals surface area contributed by atoms with Crippen molar-refractivity contribution in [1.29, 1.82) is 0 Å². The fraction of sp³-hybridized carbons (Fsp3) is 0.571. The van der Waals surface area contributed by atoms with E-state index in [-0.39, 0.29) is 12.5 Å². The van der Waals surface area contributed by atoms with Crippen molar-refractivity contribution in [2.75, 3.05) is 13.2 Å². The summed E-state index contributed by atoms with van der Waals surface area (Å²) < 4.78 is 4.83. The molecule has 4 heteroatoms. The molecule has 1 unspecified atom stereocenters. The van der Waals surface area contributed by atoms with Crippen molar-refractivity contribution in [3.8, 4) is 0 Å². The van der Waals surface area contributed by atoms with E-state index in [0.29, 0.717) is 6.54 Å². The first-order valence-electron chi connectivity index (χ1n) is 3.52. The van der Waals surface area contributed by atoms with Gasteiger partial charge in [0.25, 0.3) is 0 Å². The Morgan fingerprint density at radius 1 is 1.82 bits per heavy atom. The number of nitrogens with zero attached hydrogens (tertiary/aromatic N) is 1. The predicted octanol–water partition coefficient (Wildman–Crippen LogP) is 0.0176. The molecule has 0 aromatic carbocycles. The topological polar surface area (TPSA) is 72.3 Å². The molecule has 0 radical (unpaired) electrons. The van der Waals surface area contributed by atoms with E-state index in [1.165, 1.54) is 0 Å².